The SMILES string of the molecule is COCc1ccccc1Nc1ncc(N)cc1Cl. The van der Waals surface area contributed by atoms with Crippen molar-refractivity contribution in [2.45, 2.75) is 6.61 Å². The second-order valence-electron chi connectivity index (χ2n) is 3.81. The fourth-order valence-corrected chi connectivity index (χ4v) is 1.82. The van der Waals surface area contributed by atoms with Crippen molar-refractivity contribution in [2.24, 2.45) is 0 Å². The molecule has 0 aliphatic carbocycles. The predicted octanol–water partition coefficient (Wildman–Crippen LogP) is 3.21. The van der Waals surface area contributed by atoms with E-state index in [9.17, 15) is 0 Å². The number of benzene rings is 1. The lowest BCUT2D eigenvalue weighted by atomic mass is 10.2. The molecule has 2 aromatic rings. The Bertz CT molecular complexity index is 546. The first-order valence-corrected chi connectivity index (χ1v) is 5.83. The molecule has 0 aliphatic heterocycles. The van der Waals surface area contributed by atoms with Gasteiger partial charge in [-0.25, -0.2) is 4.98 Å². The molecule has 94 valence electrons. The number of para-hydroxylation sites is 1. The van der Waals surface area contributed by atoms with E-state index in [0.29, 0.717) is 23.1 Å². The minimum absolute atomic E-state index is 0.488. The summed E-state index contributed by atoms with van der Waals surface area (Å²) in [6, 6.07) is 9.49. The number of anilines is 3. The Hall–Kier alpha value is -1.78. The highest BCUT2D eigenvalue weighted by Crippen LogP contribution is 2.26. The zero-order valence-corrected chi connectivity index (χ0v) is 10.7. The molecule has 0 saturated carbocycles. The molecule has 0 unspecified atom stereocenters. The number of nitrogens with zero attached hydrogens (tertiary/aromatic N) is 1. The average Bonchev–Trinajstić information content (AvgIpc) is 2.35. The van der Waals surface area contributed by atoms with Crippen molar-refractivity contribution in [1.82, 2.24) is 4.98 Å². The van der Waals surface area contributed by atoms with E-state index in [-0.39, 0.29) is 0 Å². The van der Waals surface area contributed by atoms with Crippen LogP contribution in [-0.2, 0) is 11.3 Å². The number of hydrogen-bond donors (Lipinski definition) is 2. The van der Waals surface area contributed by atoms with Gasteiger partial charge in [0.15, 0.2) is 0 Å². The summed E-state index contributed by atoms with van der Waals surface area (Å²) in [5.41, 5.74) is 8.09. The van der Waals surface area contributed by atoms with Gasteiger partial charge in [-0.05, 0) is 12.1 Å². The fraction of sp³-hybridized carbons (Fsp3) is 0.154. The molecule has 0 saturated heterocycles. The van der Waals surface area contributed by atoms with Gasteiger partial charge in [-0.2, -0.15) is 0 Å². The second kappa shape index (κ2) is 5.71. The number of halogens is 1. The number of pyridine rings is 1. The van der Waals surface area contributed by atoms with Crippen LogP contribution in [-0.4, -0.2) is 12.1 Å². The van der Waals surface area contributed by atoms with E-state index < -0.39 is 0 Å². The van der Waals surface area contributed by atoms with Crippen molar-refractivity contribution in [3.8, 4) is 0 Å². The van der Waals surface area contributed by atoms with Crippen molar-refractivity contribution in [3.63, 3.8) is 0 Å². The first-order valence-electron chi connectivity index (χ1n) is 5.45. The first-order chi connectivity index (χ1) is 8.70. The molecule has 1 aromatic heterocycles. The molecular formula is C13H14ClN3O. The lowest BCUT2D eigenvalue weighted by Crippen LogP contribution is -2.00. The molecule has 0 bridgehead atoms. The molecule has 4 nitrogen and oxygen atoms in total. The minimum Gasteiger partial charge on any atom is -0.397 e. The molecule has 0 amide bonds. The highest BCUT2D eigenvalue weighted by molar-refractivity contribution is 6.33. The Morgan fingerprint density at radius 2 is 2.17 bits per heavy atom. The standard InChI is InChI=1S/C13H14ClN3O/c1-18-8-9-4-2-3-5-12(9)17-13-11(14)6-10(15)7-16-13/h2-7H,8,15H2,1H3,(H,16,17). The third kappa shape index (κ3) is 2.91. The Kier molecular flexibility index (Phi) is 4.02. The van der Waals surface area contributed by atoms with Gasteiger partial charge in [0.1, 0.15) is 5.82 Å². The normalized spacial score (nSPS) is 10.3. The summed E-state index contributed by atoms with van der Waals surface area (Å²) in [4.78, 5) is 4.17. The van der Waals surface area contributed by atoms with Crippen LogP contribution in [0.5, 0.6) is 0 Å². The summed E-state index contributed by atoms with van der Waals surface area (Å²) < 4.78 is 5.14. The van der Waals surface area contributed by atoms with E-state index in [1.54, 1.807) is 19.4 Å². The van der Waals surface area contributed by atoms with Crippen LogP contribution < -0.4 is 11.1 Å². The van der Waals surface area contributed by atoms with Crippen molar-refractivity contribution in [1.29, 1.82) is 0 Å². The van der Waals surface area contributed by atoms with E-state index in [4.69, 9.17) is 22.1 Å². The van der Waals surface area contributed by atoms with E-state index in [0.717, 1.165) is 11.3 Å². The summed E-state index contributed by atoms with van der Waals surface area (Å²) in [5, 5.41) is 3.66. The minimum atomic E-state index is 0.488. The zero-order valence-electron chi connectivity index (χ0n) is 9.98. The second-order valence-corrected chi connectivity index (χ2v) is 4.22. The fourth-order valence-electron chi connectivity index (χ4n) is 1.60. The Morgan fingerprint density at radius 3 is 2.89 bits per heavy atom. The zero-order chi connectivity index (χ0) is 13.0. The van der Waals surface area contributed by atoms with E-state index >= 15 is 0 Å². The van der Waals surface area contributed by atoms with Crippen molar-refractivity contribution in [2.75, 3.05) is 18.2 Å². The number of methoxy groups -OCH3 is 1. The Morgan fingerprint density at radius 1 is 1.39 bits per heavy atom. The number of nitrogens with one attached hydrogen (secondary N) is 1. The van der Waals surface area contributed by atoms with Gasteiger partial charge < -0.3 is 15.8 Å². The molecule has 3 N–H and O–H groups in total. The number of nitrogen functional groups attached to an aromatic ring is 1. The number of rotatable bonds is 4. The molecule has 2 rings (SSSR count). The summed E-state index contributed by atoms with van der Waals surface area (Å²) >= 11 is 6.07. The van der Waals surface area contributed by atoms with Crippen molar-refractivity contribution >= 4 is 28.8 Å². The van der Waals surface area contributed by atoms with Gasteiger partial charge in [-0.15, -0.1) is 0 Å². The topological polar surface area (TPSA) is 60.2 Å². The van der Waals surface area contributed by atoms with Gasteiger partial charge in [0.25, 0.3) is 0 Å². The van der Waals surface area contributed by atoms with E-state index in [1.807, 2.05) is 24.3 Å². The van der Waals surface area contributed by atoms with Gasteiger partial charge in [-0.3, -0.25) is 0 Å². The molecule has 0 fully saturated rings. The quantitative estimate of drug-likeness (QED) is 0.889. The highest BCUT2D eigenvalue weighted by Gasteiger charge is 2.06. The van der Waals surface area contributed by atoms with Gasteiger partial charge in [0, 0.05) is 18.4 Å². The van der Waals surface area contributed by atoms with E-state index in [2.05, 4.69) is 10.3 Å². The first kappa shape index (κ1) is 12.7. The number of hydrogen-bond acceptors (Lipinski definition) is 4. The van der Waals surface area contributed by atoms with Gasteiger partial charge in [0.05, 0.1) is 23.5 Å². The molecule has 0 atom stereocenters. The lowest BCUT2D eigenvalue weighted by molar-refractivity contribution is 0.185. The van der Waals surface area contributed by atoms with Crippen LogP contribution in [0.15, 0.2) is 36.5 Å². The third-order valence-electron chi connectivity index (χ3n) is 2.43. The van der Waals surface area contributed by atoms with Crippen LogP contribution in [0.25, 0.3) is 0 Å². The maximum atomic E-state index is 6.07. The highest BCUT2D eigenvalue weighted by atomic mass is 35.5. The molecule has 0 aliphatic rings. The Balaban J connectivity index is 2.28. The van der Waals surface area contributed by atoms with Crippen LogP contribution >= 0.6 is 11.6 Å². The van der Waals surface area contributed by atoms with Gasteiger partial charge >= 0.3 is 0 Å². The number of ether oxygens (including phenoxy) is 1. The molecule has 18 heavy (non-hydrogen) atoms. The molecule has 0 spiro atoms. The van der Waals surface area contributed by atoms with Crippen molar-refractivity contribution < 1.29 is 4.74 Å². The summed E-state index contributed by atoms with van der Waals surface area (Å²) in [6.07, 6.45) is 1.56. The number of aromatic nitrogens is 1. The van der Waals surface area contributed by atoms with Crippen molar-refractivity contribution in [3.05, 3.63) is 47.1 Å². The van der Waals surface area contributed by atoms with Crippen LogP contribution in [0.1, 0.15) is 5.56 Å². The summed E-state index contributed by atoms with van der Waals surface area (Å²) in [6.45, 7) is 0.524. The molecule has 1 aromatic carbocycles. The van der Waals surface area contributed by atoms with Crippen LogP contribution in [0.2, 0.25) is 5.02 Å². The molecule has 0 radical (unpaired) electrons. The maximum Gasteiger partial charge on any atom is 0.149 e. The maximum absolute atomic E-state index is 6.07. The van der Waals surface area contributed by atoms with Crippen LogP contribution in [0.4, 0.5) is 17.2 Å². The number of nitrogens with two attached hydrogens (primary N) is 1. The average molecular weight is 264 g/mol. The lowest BCUT2D eigenvalue weighted by Gasteiger charge is -2.12. The summed E-state index contributed by atoms with van der Waals surface area (Å²) in [5.74, 6) is 0.578. The Labute approximate surface area is 111 Å². The summed E-state index contributed by atoms with van der Waals surface area (Å²) in [7, 11) is 1.66. The van der Waals surface area contributed by atoms with Gasteiger partial charge in [-0.1, -0.05) is 29.8 Å². The molecule has 5 heteroatoms. The largest absolute Gasteiger partial charge is 0.397 e. The van der Waals surface area contributed by atoms with Crippen LogP contribution in [0, 0.1) is 0 Å². The third-order valence-corrected chi connectivity index (χ3v) is 2.72. The smallest absolute Gasteiger partial charge is 0.149 e. The van der Waals surface area contributed by atoms with Gasteiger partial charge in [0.2, 0.25) is 0 Å². The monoisotopic (exact) mass is 263 g/mol. The van der Waals surface area contributed by atoms with E-state index in [1.165, 1.54) is 0 Å². The predicted molar refractivity (Wildman–Crippen MR) is 74.1 cm³/mol. The van der Waals surface area contributed by atoms with Crippen LogP contribution in [0.3, 0.4) is 0 Å². The molecular weight excluding hydrogens is 250 g/mol. The molecule has 1 heterocycles.